The van der Waals surface area contributed by atoms with Gasteiger partial charge in [0, 0.05) is 18.5 Å². The van der Waals surface area contributed by atoms with E-state index in [4.69, 9.17) is 14.2 Å². The number of aromatic nitrogens is 4. The number of halogens is 4. The molecule has 2 aromatic heterocycles. The van der Waals surface area contributed by atoms with Gasteiger partial charge in [-0.15, -0.1) is 5.10 Å². The Labute approximate surface area is 291 Å². The van der Waals surface area contributed by atoms with Crippen molar-refractivity contribution in [2.45, 2.75) is 61.2 Å². The van der Waals surface area contributed by atoms with E-state index in [1.807, 2.05) is 0 Å². The molecule has 0 saturated carbocycles. The van der Waals surface area contributed by atoms with Crippen LogP contribution < -0.4 is 10.1 Å². The number of esters is 1. The van der Waals surface area contributed by atoms with Gasteiger partial charge in [-0.1, -0.05) is 42.1 Å². The third-order valence-corrected chi connectivity index (χ3v) is 8.37. The molecule has 274 valence electrons. The highest BCUT2D eigenvalue weighted by Crippen LogP contribution is 2.36. The number of alkyl halides is 3. The van der Waals surface area contributed by atoms with Gasteiger partial charge in [-0.2, -0.15) is 18.2 Å². The summed E-state index contributed by atoms with van der Waals surface area (Å²) in [6.45, 7) is -0.954. The van der Waals surface area contributed by atoms with Gasteiger partial charge in [-0.05, 0) is 36.9 Å². The number of benzene rings is 2. The number of carboxylic acids is 1. The number of aliphatic carboxylic acids is 1. The standard InChI is InChI=1S/C32H33F4N5O9S/c1-3-47-29(46)31(28(44)45,12-17-8-10-19(11-9-17)48-16-32(34,35)36)49-15-22-23(42)24(43)25(50-22)21-14-38-27-26(39-30(51-2)40-41(21)27)37-13-18-6-4-5-7-20(18)33/h4-11,14,22-25,42-43H,3,12-13,15-16H2,1-2H3,(H,44,45)(H,37,39,40)/t22-,23-,24-,25+,31?/m1/s1. The Kier molecular flexibility index (Phi) is 11.7. The second-order valence-electron chi connectivity index (χ2n) is 11.3. The molecule has 51 heavy (non-hydrogen) atoms. The number of imidazole rings is 1. The molecule has 19 heteroatoms. The Morgan fingerprint density at radius 3 is 2.47 bits per heavy atom. The highest BCUT2D eigenvalue weighted by Gasteiger charge is 2.52. The van der Waals surface area contributed by atoms with E-state index in [0.717, 1.165) is 0 Å². The van der Waals surface area contributed by atoms with Gasteiger partial charge in [0.05, 0.1) is 25.1 Å². The van der Waals surface area contributed by atoms with Crippen LogP contribution in [0.2, 0.25) is 0 Å². The topological polar surface area (TPSA) is 187 Å². The molecule has 1 fully saturated rings. The Morgan fingerprint density at radius 2 is 1.82 bits per heavy atom. The molecule has 0 bridgehead atoms. The van der Waals surface area contributed by atoms with E-state index in [-0.39, 0.29) is 46.8 Å². The van der Waals surface area contributed by atoms with Gasteiger partial charge < -0.3 is 39.6 Å². The lowest BCUT2D eigenvalue weighted by atomic mass is 9.93. The summed E-state index contributed by atoms with van der Waals surface area (Å²) in [5.74, 6) is -3.35. The summed E-state index contributed by atoms with van der Waals surface area (Å²) in [5.41, 5.74) is -1.75. The van der Waals surface area contributed by atoms with Crippen LogP contribution in [0.5, 0.6) is 5.75 Å². The highest BCUT2D eigenvalue weighted by atomic mass is 32.2. The fraction of sp³-hybridized carbons (Fsp3) is 0.406. The number of hydrogen-bond acceptors (Lipinski definition) is 13. The molecule has 4 aromatic rings. The van der Waals surface area contributed by atoms with Crippen LogP contribution in [0.1, 0.15) is 29.8 Å². The fourth-order valence-corrected chi connectivity index (χ4v) is 5.61. The largest absolute Gasteiger partial charge is 0.484 e. The summed E-state index contributed by atoms with van der Waals surface area (Å²) < 4.78 is 74.6. The number of hydrogen-bond donors (Lipinski definition) is 4. The molecule has 3 heterocycles. The van der Waals surface area contributed by atoms with Crippen molar-refractivity contribution >= 4 is 35.2 Å². The molecule has 14 nitrogen and oxygen atoms in total. The number of nitrogens with one attached hydrogen (secondary N) is 1. The van der Waals surface area contributed by atoms with E-state index in [1.165, 1.54) is 59.7 Å². The van der Waals surface area contributed by atoms with Crippen molar-refractivity contribution in [3.05, 3.63) is 77.4 Å². The Balaban J connectivity index is 1.36. The lowest BCUT2D eigenvalue weighted by Gasteiger charge is -2.29. The molecule has 2 aromatic carbocycles. The van der Waals surface area contributed by atoms with E-state index in [2.05, 4.69) is 25.1 Å². The van der Waals surface area contributed by atoms with Crippen molar-refractivity contribution in [2.75, 3.05) is 31.4 Å². The van der Waals surface area contributed by atoms with Crippen LogP contribution in [0.15, 0.2) is 59.9 Å². The first-order chi connectivity index (χ1) is 24.3. The number of ether oxygens (including phenoxy) is 4. The molecular weight excluding hydrogens is 706 g/mol. The van der Waals surface area contributed by atoms with Crippen molar-refractivity contribution in [2.24, 2.45) is 0 Å². The Morgan fingerprint density at radius 1 is 1.10 bits per heavy atom. The number of nitrogens with zero attached hydrogens (tertiary/aromatic N) is 4. The van der Waals surface area contributed by atoms with Crippen LogP contribution in [0.25, 0.3) is 5.65 Å². The lowest BCUT2D eigenvalue weighted by molar-refractivity contribution is -0.193. The molecule has 4 N–H and O–H groups in total. The van der Waals surface area contributed by atoms with Crippen LogP contribution in [-0.2, 0) is 36.8 Å². The minimum Gasteiger partial charge on any atom is -0.484 e. The molecule has 0 aliphatic carbocycles. The van der Waals surface area contributed by atoms with Gasteiger partial charge >= 0.3 is 18.1 Å². The summed E-state index contributed by atoms with van der Waals surface area (Å²) in [5, 5.41) is 40.0. The SMILES string of the molecule is CCOC(=O)C(Cc1ccc(OCC(F)(F)F)cc1)(OC[C@H]1O[C@@H](c2cnc3c(NCc4ccccc4F)nc(SC)nn23)[C@H](O)[C@@H]1O)C(=O)O. The first-order valence-electron chi connectivity index (χ1n) is 15.4. The van der Waals surface area contributed by atoms with Gasteiger partial charge in [0.1, 0.15) is 36.0 Å². The fourth-order valence-electron chi connectivity index (χ4n) is 5.26. The van der Waals surface area contributed by atoms with Crippen molar-refractivity contribution in [3.8, 4) is 5.75 Å². The van der Waals surface area contributed by atoms with E-state index >= 15 is 0 Å². The summed E-state index contributed by atoms with van der Waals surface area (Å²) in [6.07, 6.45) is -8.00. The average Bonchev–Trinajstić information content (AvgIpc) is 3.64. The molecule has 1 aliphatic heterocycles. The minimum atomic E-state index is -4.57. The highest BCUT2D eigenvalue weighted by molar-refractivity contribution is 7.98. The zero-order chi connectivity index (χ0) is 36.9. The number of aliphatic hydroxyl groups excluding tert-OH is 2. The number of carboxylic acid groups (broad SMARTS) is 1. The number of carbonyl (C=O) groups excluding carboxylic acids is 1. The lowest BCUT2D eigenvalue weighted by Crippen LogP contribution is -2.53. The molecule has 0 radical (unpaired) electrons. The van der Waals surface area contributed by atoms with Crippen molar-refractivity contribution < 1.29 is 61.4 Å². The van der Waals surface area contributed by atoms with Gasteiger partial charge in [-0.3, -0.25) is 0 Å². The van der Waals surface area contributed by atoms with Crippen LogP contribution in [0, 0.1) is 5.82 Å². The first-order valence-corrected chi connectivity index (χ1v) is 16.6. The van der Waals surface area contributed by atoms with Gasteiger partial charge in [0.25, 0.3) is 5.60 Å². The molecule has 5 rings (SSSR count). The van der Waals surface area contributed by atoms with Crippen LogP contribution in [0.3, 0.4) is 0 Å². The average molecular weight is 740 g/mol. The molecule has 1 saturated heterocycles. The first kappa shape index (κ1) is 37.7. The number of fused-ring (bicyclic) bond motifs is 1. The molecule has 0 amide bonds. The maximum Gasteiger partial charge on any atom is 0.422 e. The third-order valence-electron chi connectivity index (χ3n) is 7.83. The second-order valence-corrected chi connectivity index (χ2v) is 12.0. The smallest absolute Gasteiger partial charge is 0.422 e. The van der Waals surface area contributed by atoms with E-state index in [1.54, 1.807) is 24.5 Å². The number of rotatable bonds is 15. The molecule has 1 aliphatic rings. The van der Waals surface area contributed by atoms with E-state index in [9.17, 15) is 42.5 Å². The summed E-state index contributed by atoms with van der Waals surface area (Å²) in [6, 6.07) is 11.1. The van der Waals surface area contributed by atoms with Gasteiger partial charge in [0.15, 0.2) is 18.1 Å². The summed E-state index contributed by atoms with van der Waals surface area (Å²) >= 11 is 1.19. The Bertz CT molecular complexity index is 1850. The van der Waals surface area contributed by atoms with Crippen LogP contribution in [0.4, 0.5) is 23.4 Å². The van der Waals surface area contributed by atoms with Gasteiger partial charge in [-0.25, -0.2) is 23.5 Å². The number of aliphatic hydroxyl groups is 2. The number of anilines is 1. The molecule has 0 spiro atoms. The van der Waals surface area contributed by atoms with E-state index in [0.29, 0.717) is 5.56 Å². The quantitative estimate of drug-likeness (QED) is 0.0602. The summed E-state index contributed by atoms with van der Waals surface area (Å²) in [7, 11) is 0. The zero-order valence-corrected chi connectivity index (χ0v) is 27.9. The predicted molar refractivity (Wildman–Crippen MR) is 171 cm³/mol. The van der Waals surface area contributed by atoms with Crippen LogP contribution >= 0.6 is 11.8 Å². The van der Waals surface area contributed by atoms with E-state index < -0.39 is 73.6 Å². The maximum absolute atomic E-state index is 14.3. The normalized spacial score (nSPS) is 20.2. The van der Waals surface area contributed by atoms with Crippen molar-refractivity contribution in [3.63, 3.8) is 0 Å². The Hall–Kier alpha value is -4.56. The summed E-state index contributed by atoms with van der Waals surface area (Å²) in [4.78, 5) is 34.5. The number of carbonyl (C=O) groups is 2. The number of thioether (sulfide) groups is 1. The third kappa shape index (κ3) is 8.50. The maximum atomic E-state index is 14.3. The minimum absolute atomic E-state index is 0.0673. The van der Waals surface area contributed by atoms with Crippen molar-refractivity contribution in [1.82, 2.24) is 19.6 Å². The van der Waals surface area contributed by atoms with Crippen LogP contribution in [-0.4, -0.2) is 103 Å². The predicted octanol–water partition coefficient (Wildman–Crippen LogP) is 3.35. The zero-order valence-electron chi connectivity index (χ0n) is 27.0. The molecule has 5 atom stereocenters. The van der Waals surface area contributed by atoms with Crippen molar-refractivity contribution in [1.29, 1.82) is 0 Å². The molecule has 1 unspecified atom stereocenters. The van der Waals surface area contributed by atoms with Gasteiger partial charge in [0.2, 0.25) is 5.16 Å². The second kappa shape index (κ2) is 15.8. The molecular formula is C32H33F4N5O9S. The monoisotopic (exact) mass is 739 g/mol.